The molecular formula is C14H17Cl3N2O. The lowest BCUT2D eigenvalue weighted by Crippen LogP contribution is -2.33. The van der Waals surface area contributed by atoms with E-state index in [9.17, 15) is 4.79 Å². The molecule has 1 saturated carbocycles. The molecule has 2 N–H and O–H groups in total. The number of halogens is 3. The van der Waals surface area contributed by atoms with E-state index in [1.54, 1.807) is 6.07 Å². The molecule has 20 heavy (non-hydrogen) atoms. The van der Waals surface area contributed by atoms with Gasteiger partial charge in [-0.2, -0.15) is 0 Å². The Labute approximate surface area is 134 Å². The predicted molar refractivity (Wildman–Crippen MR) is 83.7 cm³/mol. The molecule has 3 atom stereocenters. The van der Waals surface area contributed by atoms with Crippen LogP contribution in [0.3, 0.4) is 0 Å². The van der Waals surface area contributed by atoms with Crippen LogP contribution in [0.1, 0.15) is 24.3 Å². The number of nitrogens with zero attached hydrogens (tertiary/aromatic N) is 1. The lowest BCUT2D eigenvalue weighted by molar-refractivity contribution is -0.131. The zero-order valence-corrected chi connectivity index (χ0v) is 13.2. The maximum absolute atomic E-state index is 12.3. The largest absolute Gasteiger partial charge is 0.341 e. The summed E-state index contributed by atoms with van der Waals surface area (Å²) < 4.78 is 0. The van der Waals surface area contributed by atoms with Crippen molar-refractivity contribution in [2.24, 2.45) is 11.7 Å². The van der Waals surface area contributed by atoms with Gasteiger partial charge < -0.3 is 10.6 Å². The molecule has 1 aliphatic heterocycles. The Bertz CT molecular complexity index is 523. The molecule has 6 heteroatoms. The van der Waals surface area contributed by atoms with Crippen molar-refractivity contribution in [3.8, 4) is 0 Å². The van der Waals surface area contributed by atoms with E-state index >= 15 is 0 Å². The summed E-state index contributed by atoms with van der Waals surface area (Å²) in [6.07, 6.45) is 1.77. The molecule has 3 nitrogen and oxygen atoms in total. The summed E-state index contributed by atoms with van der Waals surface area (Å²) in [7, 11) is 0. The molecule has 1 aromatic carbocycles. The molecule has 2 fully saturated rings. The maximum Gasteiger partial charge on any atom is 0.226 e. The van der Waals surface area contributed by atoms with Crippen LogP contribution in [0.5, 0.6) is 0 Å². The fourth-order valence-electron chi connectivity index (χ4n) is 2.84. The Balaban J connectivity index is 0.00000147. The van der Waals surface area contributed by atoms with Gasteiger partial charge in [-0.25, -0.2) is 0 Å². The van der Waals surface area contributed by atoms with E-state index < -0.39 is 0 Å². The normalized spacial score (nSPS) is 28.1. The number of hydrogen-bond donors (Lipinski definition) is 1. The summed E-state index contributed by atoms with van der Waals surface area (Å²) in [4.78, 5) is 14.2. The van der Waals surface area contributed by atoms with Crippen LogP contribution >= 0.6 is 35.6 Å². The third kappa shape index (κ3) is 2.91. The van der Waals surface area contributed by atoms with Gasteiger partial charge in [0.1, 0.15) is 0 Å². The first-order valence-corrected chi connectivity index (χ1v) is 7.32. The highest BCUT2D eigenvalue weighted by Crippen LogP contribution is 2.51. The molecule has 1 saturated heterocycles. The first-order chi connectivity index (χ1) is 9.08. The smallest absolute Gasteiger partial charge is 0.226 e. The highest BCUT2D eigenvalue weighted by atomic mass is 35.5. The lowest BCUT2D eigenvalue weighted by atomic mass is 10.1. The van der Waals surface area contributed by atoms with Gasteiger partial charge in [0.05, 0.1) is 10.0 Å². The van der Waals surface area contributed by atoms with Gasteiger partial charge in [0.15, 0.2) is 0 Å². The molecule has 1 heterocycles. The molecule has 0 radical (unpaired) electrons. The van der Waals surface area contributed by atoms with E-state index in [1.165, 1.54) is 0 Å². The molecule has 110 valence electrons. The fourth-order valence-corrected chi connectivity index (χ4v) is 3.29. The van der Waals surface area contributed by atoms with Gasteiger partial charge >= 0.3 is 0 Å². The second-order valence-electron chi connectivity index (χ2n) is 5.42. The topological polar surface area (TPSA) is 46.3 Å². The first-order valence-electron chi connectivity index (χ1n) is 6.56. The minimum absolute atomic E-state index is 0. The van der Waals surface area contributed by atoms with E-state index in [0.717, 1.165) is 24.9 Å². The Morgan fingerprint density at radius 3 is 2.75 bits per heavy atom. The van der Waals surface area contributed by atoms with Gasteiger partial charge in [-0.15, -0.1) is 12.4 Å². The number of carbonyl (C=O) groups is 1. The van der Waals surface area contributed by atoms with Gasteiger partial charge in [0, 0.05) is 25.0 Å². The Morgan fingerprint density at radius 2 is 2.10 bits per heavy atom. The summed E-state index contributed by atoms with van der Waals surface area (Å²) >= 11 is 12.2. The number of nitrogens with two attached hydrogens (primary N) is 1. The van der Waals surface area contributed by atoms with Crippen LogP contribution in [0, 0.1) is 5.92 Å². The number of likely N-dealkylation sites (tertiary alicyclic amines) is 1. The quantitative estimate of drug-likeness (QED) is 0.903. The van der Waals surface area contributed by atoms with Crippen LogP contribution < -0.4 is 5.73 Å². The summed E-state index contributed by atoms with van der Waals surface area (Å²) in [5.74, 6) is 0.491. The first kappa shape index (κ1) is 15.9. The van der Waals surface area contributed by atoms with Crippen LogP contribution in [-0.4, -0.2) is 29.9 Å². The van der Waals surface area contributed by atoms with Crippen LogP contribution in [0.25, 0.3) is 0 Å². The minimum Gasteiger partial charge on any atom is -0.341 e. The van der Waals surface area contributed by atoms with Crippen LogP contribution in [0.15, 0.2) is 18.2 Å². The van der Waals surface area contributed by atoms with Crippen molar-refractivity contribution in [1.82, 2.24) is 4.90 Å². The molecule has 2 aliphatic rings. The summed E-state index contributed by atoms with van der Waals surface area (Å²) in [6, 6.07) is 5.75. The van der Waals surface area contributed by atoms with E-state index in [2.05, 4.69) is 0 Å². The van der Waals surface area contributed by atoms with Gasteiger partial charge in [0.25, 0.3) is 0 Å². The standard InChI is InChI=1S/C14H16Cl2N2O.ClH/c15-12-3-1-2-9(13(12)16)10-6-11(10)14(19)18-5-4-8(17)7-18;/h1-3,8,10-11H,4-7,17H2;1H/t8-,10?,11?;/m1./s1. The predicted octanol–water partition coefficient (Wildman–Crippen LogP) is 3.08. The average Bonchev–Trinajstić information content (AvgIpc) is 3.06. The number of rotatable bonds is 2. The summed E-state index contributed by atoms with van der Waals surface area (Å²) in [5.41, 5.74) is 6.84. The van der Waals surface area contributed by atoms with Crippen molar-refractivity contribution in [3.05, 3.63) is 33.8 Å². The molecule has 3 rings (SSSR count). The van der Waals surface area contributed by atoms with E-state index in [4.69, 9.17) is 28.9 Å². The Morgan fingerprint density at radius 1 is 1.35 bits per heavy atom. The molecule has 2 unspecified atom stereocenters. The van der Waals surface area contributed by atoms with Crippen molar-refractivity contribution >= 4 is 41.5 Å². The maximum atomic E-state index is 12.3. The minimum atomic E-state index is 0. The molecule has 1 aromatic rings. The molecule has 1 amide bonds. The van der Waals surface area contributed by atoms with Crippen molar-refractivity contribution < 1.29 is 4.79 Å². The summed E-state index contributed by atoms with van der Waals surface area (Å²) in [6.45, 7) is 1.47. The molecular weight excluding hydrogens is 319 g/mol. The monoisotopic (exact) mass is 334 g/mol. The van der Waals surface area contributed by atoms with Gasteiger partial charge in [0.2, 0.25) is 5.91 Å². The van der Waals surface area contributed by atoms with Crippen LogP contribution in [0.4, 0.5) is 0 Å². The highest BCUT2D eigenvalue weighted by Gasteiger charge is 2.47. The lowest BCUT2D eigenvalue weighted by Gasteiger charge is -2.15. The average molecular weight is 336 g/mol. The number of benzene rings is 1. The SMILES string of the molecule is Cl.N[C@@H]1CCN(C(=O)C2CC2c2cccc(Cl)c2Cl)C1. The number of hydrogen-bond acceptors (Lipinski definition) is 2. The van der Waals surface area contributed by atoms with E-state index in [-0.39, 0.29) is 36.2 Å². The van der Waals surface area contributed by atoms with E-state index in [0.29, 0.717) is 16.6 Å². The second kappa shape index (κ2) is 6.10. The Hall–Kier alpha value is -0.480. The third-order valence-electron chi connectivity index (χ3n) is 4.02. The molecule has 0 spiro atoms. The fraction of sp³-hybridized carbons (Fsp3) is 0.500. The summed E-state index contributed by atoms with van der Waals surface area (Å²) in [5, 5.41) is 1.14. The van der Waals surface area contributed by atoms with Gasteiger partial charge in [-0.3, -0.25) is 4.79 Å². The number of carbonyl (C=O) groups excluding carboxylic acids is 1. The van der Waals surface area contributed by atoms with Crippen molar-refractivity contribution in [1.29, 1.82) is 0 Å². The zero-order chi connectivity index (χ0) is 13.6. The molecule has 0 bridgehead atoms. The van der Waals surface area contributed by atoms with Crippen molar-refractivity contribution in [2.45, 2.75) is 24.8 Å². The van der Waals surface area contributed by atoms with E-state index in [1.807, 2.05) is 17.0 Å². The third-order valence-corrected chi connectivity index (χ3v) is 4.86. The van der Waals surface area contributed by atoms with Gasteiger partial charge in [-0.05, 0) is 30.4 Å². The molecule has 0 aromatic heterocycles. The van der Waals surface area contributed by atoms with Crippen molar-refractivity contribution in [3.63, 3.8) is 0 Å². The second-order valence-corrected chi connectivity index (χ2v) is 6.21. The van der Waals surface area contributed by atoms with Crippen molar-refractivity contribution in [2.75, 3.05) is 13.1 Å². The van der Waals surface area contributed by atoms with Crippen LogP contribution in [0.2, 0.25) is 10.0 Å². The molecule has 1 aliphatic carbocycles. The zero-order valence-electron chi connectivity index (χ0n) is 10.9. The van der Waals surface area contributed by atoms with Gasteiger partial charge in [-0.1, -0.05) is 35.3 Å². The highest BCUT2D eigenvalue weighted by molar-refractivity contribution is 6.42. The van der Waals surface area contributed by atoms with Crippen LogP contribution in [-0.2, 0) is 4.79 Å². The number of amides is 1. The Kier molecular flexibility index (Phi) is 4.85.